The minimum Gasteiger partial charge on any atom is -0.168 e. The SMILES string of the molecule is C=CCCO[P+](=S)CCCCCCCC. The van der Waals surface area contributed by atoms with Gasteiger partial charge in [-0.2, -0.15) is 4.52 Å². The Labute approximate surface area is 101 Å². The van der Waals surface area contributed by atoms with E-state index in [1.807, 2.05) is 6.08 Å². The van der Waals surface area contributed by atoms with Gasteiger partial charge in [0.05, 0.1) is 0 Å². The van der Waals surface area contributed by atoms with Gasteiger partial charge in [-0.25, -0.2) is 0 Å². The predicted octanol–water partition coefficient (Wildman–Crippen LogP) is 4.80. The monoisotopic (exact) mass is 247 g/mol. The van der Waals surface area contributed by atoms with Crippen LogP contribution in [0.25, 0.3) is 0 Å². The third-order valence-electron chi connectivity index (χ3n) is 2.25. The van der Waals surface area contributed by atoms with E-state index < -0.39 is 6.92 Å². The second-order valence-corrected chi connectivity index (χ2v) is 6.33. The van der Waals surface area contributed by atoms with Crippen molar-refractivity contribution in [2.45, 2.75) is 51.9 Å². The van der Waals surface area contributed by atoms with Gasteiger partial charge in [-0.1, -0.05) is 38.7 Å². The third-order valence-corrected chi connectivity index (χ3v) is 4.27. The van der Waals surface area contributed by atoms with Crippen molar-refractivity contribution in [1.29, 1.82) is 0 Å². The Balaban J connectivity index is 3.13. The second kappa shape index (κ2) is 12.3. The van der Waals surface area contributed by atoms with Crippen LogP contribution in [0.5, 0.6) is 0 Å². The van der Waals surface area contributed by atoms with E-state index in [-0.39, 0.29) is 0 Å². The average Bonchev–Trinajstić information content (AvgIpc) is 2.23. The van der Waals surface area contributed by atoms with Gasteiger partial charge in [0.1, 0.15) is 12.8 Å². The van der Waals surface area contributed by atoms with Crippen molar-refractivity contribution in [3.8, 4) is 0 Å². The molecule has 0 amide bonds. The fourth-order valence-corrected chi connectivity index (χ4v) is 2.85. The highest BCUT2D eigenvalue weighted by atomic mass is 32.4. The van der Waals surface area contributed by atoms with Crippen LogP contribution in [0.2, 0.25) is 0 Å². The summed E-state index contributed by atoms with van der Waals surface area (Å²) < 4.78 is 5.52. The molecular formula is C12H24OPS+. The molecule has 0 aromatic heterocycles. The van der Waals surface area contributed by atoms with E-state index in [0.717, 1.165) is 19.2 Å². The molecule has 1 unspecified atom stereocenters. The summed E-state index contributed by atoms with van der Waals surface area (Å²) in [5, 5.41) is 0. The van der Waals surface area contributed by atoms with Gasteiger partial charge >= 0.3 is 6.92 Å². The van der Waals surface area contributed by atoms with Crippen molar-refractivity contribution in [3.63, 3.8) is 0 Å². The van der Waals surface area contributed by atoms with Crippen molar-refractivity contribution in [2.75, 3.05) is 12.8 Å². The van der Waals surface area contributed by atoms with Crippen LogP contribution in [0.15, 0.2) is 12.7 Å². The summed E-state index contributed by atoms with van der Waals surface area (Å²) in [5.41, 5.74) is 0. The molecule has 0 saturated carbocycles. The van der Waals surface area contributed by atoms with Gasteiger partial charge in [0.25, 0.3) is 0 Å². The molecule has 0 N–H and O–H groups in total. The lowest BCUT2D eigenvalue weighted by Gasteiger charge is -1.96. The maximum Gasteiger partial charge on any atom is 0.337 e. The van der Waals surface area contributed by atoms with Crippen LogP contribution in [0.3, 0.4) is 0 Å². The summed E-state index contributed by atoms with van der Waals surface area (Å²) in [6.07, 6.45) is 11.9. The maximum absolute atomic E-state index is 5.52. The molecule has 0 aliphatic heterocycles. The quantitative estimate of drug-likeness (QED) is 0.295. The van der Waals surface area contributed by atoms with Gasteiger partial charge in [0, 0.05) is 0 Å². The first-order chi connectivity index (χ1) is 7.31. The van der Waals surface area contributed by atoms with E-state index in [4.69, 9.17) is 16.3 Å². The van der Waals surface area contributed by atoms with Gasteiger partial charge in [0.15, 0.2) is 11.8 Å². The zero-order chi connectivity index (χ0) is 11.4. The molecule has 15 heavy (non-hydrogen) atoms. The minimum atomic E-state index is -0.581. The van der Waals surface area contributed by atoms with Gasteiger partial charge in [-0.05, 0) is 19.3 Å². The first-order valence-electron chi connectivity index (χ1n) is 5.99. The summed E-state index contributed by atoms with van der Waals surface area (Å²) in [5.74, 6) is 0. The van der Waals surface area contributed by atoms with E-state index in [1.165, 1.54) is 38.5 Å². The lowest BCUT2D eigenvalue weighted by molar-refractivity contribution is 0.369. The topological polar surface area (TPSA) is 9.23 Å². The Bertz CT molecular complexity index is 171. The van der Waals surface area contributed by atoms with E-state index in [2.05, 4.69) is 13.5 Å². The molecule has 0 bridgehead atoms. The maximum atomic E-state index is 5.52. The molecule has 0 aliphatic rings. The molecule has 0 heterocycles. The van der Waals surface area contributed by atoms with Crippen LogP contribution < -0.4 is 0 Å². The summed E-state index contributed by atoms with van der Waals surface area (Å²) in [6, 6.07) is 0. The molecule has 0 rings (SSSR count). The molecule has 0 spiro atoms. The van der Waals surface area contributed by atoms with Gasteiger partial charge in [-0.3, -0.25) is 0 Å². The van der Waals surface area contributed by atoms with E-state index in [9.17, 15) is 0 Å². The predicted molar refractivity (Wildman–Crippen MR) is 73.3 cm³/mol. The lowest BCUT2D eigenvalue weighted by Crippen LogP contribution is -1.87. The average molecular weight is 247 g/mol. The first-order valence-corrected chi connectivity index (χ1v) is 8.45. The van der Waals surface area contributed by atoms with E-state index in [1.54, 1.807) is 0 Å². The highest BCUT2D eigenvalue weighted by Gasteiger charge is 2.09. The van der Waals surface area contributed by atoms with Crippen LogP contribution in [-0.2, 0) is 16.3 Å². The summed E-state index contributed by atoms with van der Waals surface area (Å²) >= 11 is 5.26. The fraction of sp³-hybridized carbons (Fsp3) is 0.833. The Morgan fingerprint density at radius 2 is 1.87 bits per heavy atom. The summed E-state index contributed by atoms with van der Waals surface area (Å²) in [7, 11) is 0. The van der Waals surface area contributed by atoms with Crippen molar-refractivity contribution < 1.29 is 4.52 Å². The van der Waals surface area contributed by atoms with Crippen molar-refractivity contribution in [2.24, 2.45) is 0 Å². The molecule has 0 radical (unpaired) electrons. The molecule has 88 valence electrons. The molecule has 1 nitrogen and oxygen atoms in total. The highest BCUT2D eigenvalue weighted by molar-refractivity contribution is 8.02. The van der Waals surface area contributed by atoms with Gasteiger partial charge in [-0.15, -0.1) is 6.58 Å². The third kappa shape index (κ3) is 12.2. The van der Waals surface area contributed by atoms with E-state index >= 15 is 0 Å². The normalized spacial score (nSPS) is 11.4. The lowest BCUT2D eigenvalue weighted by atomic mass is 10.1. The van der Waals surface area contributed by atoms with Crippen LogP contribution >= 0.6 is 6.92 Å². The molecule has 3 heteroatoms. The minimum absolute atomic E-state index is 0.581. The fourth-order valence-electron chi connectivity index (χ4n) is 1.32. The summed E-state index contributed by atoms with van der Waals surface area (Å²) in [4.78, 5) is 0. The van der Waals surface area contributed by atoms with Gasteiger partial charge < -0.3 is 0 Å². The number of rotatable bonds is 11. The second-order valence-electron chi connectivity index (χ2n) is 3.73. The smallest absolute Gasteiger partial charge is 0.168 e. The van der Waals surface area contributed by atoms with E-state index in [0.29, 0.717) is 0 Å². The van der Waals surface area contributed by atoms with Crippen molar-refractivity contribution in [3.05, 3.63) is 12.7 Å². The molecule has 0 aromatic rings. The van der Waals surface area contributed by atoms with Crippen LogP contribution in [-0.4, -0.2) is 12.8 Å². The van der Waals surface area contributed by atoms with Crippen LogP contribution in [0.4, 0.5) is 0 Å². The first kappa shape index (κ1) is 15.2. The number of hydrogen-bond donors (Lipinski definition) is 0. The van der Waals surface area contributed by atoms with Crippen molar-refractivity contribution in [1.82, 2.24) is 0 Å². The zero-order valence-electron chi connectivity index (χ0n) is 9.91. The molecule has 0 aliphatic carbocycles. The number of unbranched alkanes of at least 4 members (excludes halogenated alkanes) is 5. The highest BCUT2D eigenvalue weighted by Crippen LogP contribution is 2.25. The Morgan fingerprint density at radius 1 is 1.20 bits per heavy atom. The standard InChI is InChI=1S/C12H24OPS/c1-3-5-7-8-9-10-12-14(15)13-11-6-4-2/h4H,2-3,5-12H2,1H3/q+1. The Kier molecular flexibility index (Phi) is 12.5. The Morgan fingerprint density at radius 3 is 2.53 bits per heavy atom. The number of hydrogen-bond acceptors (Lipinski definition) is 2. The molecule has 0 fully saturated rings. The Hall–Kier alpha value is 0.220. The van der Waals surface area contributed by atoms with Crippen molar-refractivity contribution >= 4 is 18.7 Å². The molecule has 1 atom stereocenters. The zero-order valence-corrected chi connectivity index (χ0v) is 11.6. The largest absolute Gasteiger partial charge is 0.337 e. The van der Waals surface area contributed by atoms with Crippen LogP contribution in [0, 0.1) is 0 Å². The summed E-state index contributed by atoms with van der Waals surface area (Å²) in [6.45, 7) is 6.08. The molecule has 0 aromatic carbocycles. The van der Waals surface area contributed by atoms with Gasteiger partial charge in [0.2, 0.25) is 0 Å². The molecule has 0 saturated heterocycles. The van der Waals surface area contributed by atoms with Crippen LogP contribution in [0.1, 0.15) is 51.9 Å². The molecular weight excluding hydrogens is 223 g/mol.